The van der Waals surface area contributed by atoms with Crippen LogP contribution in [-0.4, -0.2) is 31.1 Å². The first-order valence-electron chi connectivity index (χ1n) is 7.76. The Morgan fingerprint density at radius 2 is 1.81 bits per heavy atom. The molecule has 2 aliphatic rings. The van der Waals surface area contributed by atoms with Crippen molar-refractivity contribution in [2.75, 3.05) is 26.2 Å². The molecule has 1 aliphatic carbocycles. The number of piperazine rings is 1. The normalized spacial score (nSPS) is 20.3. The maximum atomic E-state index is 3.47. The van der Waals surface area contributed by atoms with Crippen LogP contribution in [0.2, 0.25) is 0 Å². The van der Waals surface area contributed by atoms with Crippen molar-refractivity contribution in [2.24, 2.45) is 5.92 Å². The zero-order chi connectivity index (χ0) is 13.2. The Bertz CT molecular complexity index is 440. The quantitative estimate of drug-likeness (QED) is 0.900. The highest BCUT2D eigenvalue weighted by molar-refractivity contribution is 5.85. The molecule has 1 aromatic carbocycles. The molecule has 0 spiro atoms. The fourth-order valence-electron chi connectivity index (χ4n) is 3.34. The summed E-state index contributed by atoms with van der Waals surface area (Å²) in [7, 11) is 0. The van der Waals surface area contributed by atoms with E-state index in [1.54, 1.807) is 5.56 Å². The lowest BCUT2D eigenvalue weighted by atomic mass is 9.93. The molecule has 1 heterocycles. The van der Waals surface area contributed by atoms with Crippen molar-refractivity contribution in [3.8, 4) is 0 Å². The standard InChI is InChI=1S/C17H26N2.2ClH/c1-13-3-6-16(14(2)11-13)17(12-15-4-5-15)19-9-7-18-8-10-19;;/h3,6,11,15,17-18H,4-5,7-10,12H2,1-2H3;2*1H/t17-;;/m0../s1. The fraction of sp³-hybridized carbons (Fsp3) is 0.647. The molecule has 4 heteroatoms. The van der Waals surface area contributed by atoms with Gasteiger partial charge in [0.1, 0.15) is 0 Å². The van der Waals surface area contributed by atoms with E-state index in [4.69, 9.17) is 0 Å². The Morgan fingerprint density at radius 1 is 1.14 bits per heavy atom. The van der Waals surface area contributed by atoms with Crippen LogP contribution >= 0.6 is 24.8 Å². The highest BCUT2D eigenvalue weighted by atomic mass is 35.5. The third kappa shape index (κ3) is 4.85. The number of hydrogen-bond acceptors (Lipinski definition) is 2. The van der Waals surface area contributed by atoms with Crippen LogP contribution in [0, 0.1) is 19.8 Å². The van der Waals surface area contributed by atoms with Gasteiger partial charge >= 0.3 is 0 Å². The van der Waals surface area contributed by atoms with Gasteiger partial charge in [-0.3, -0.25) is 4.90 Å². The van der Waals surface area contributed by atoms with Crippen molar-refractivity contribution < 1.29 is 0 Å². The lowest BCUT2D eigenvalue weighted by Crippen LogP contribution is -2.45. The van der Waals surface area contributed by atoms with Crippen LogP contribution in [0.15, 0.2) is 18.2 Å². The molecule has 0 amide bonds. The summed E-state index contributed by atoms with van der Waals surface area (Å²) in [4.78, 5) is 2.70. The summed E-state index contributed by atoms with van der Waals surface area (Å²) in [6.45, 7) is 9.16. The molecule has 120 valence electrons. The van der Waals surface area contributed by atoms with Gasteiger partial charge in [-0.05, 0) is 37.3 Å². The summed E-state index contributed by atoms with van der Waals surface area (Å²) in [6.07, 6.45) is 4.27. The number of nitrogens with zero attached hydrogens (tertiary/aromatic N) is 1. The van der Waals surface area contributed by atoms with Gasteiger partial charge in [0, 0.05) is 32.2 Å². The lowest BCUT2D eigenvalue weighted by Gasteiger charge is -2.36. The number of halogens is 2. The van der Waals surface area contributed by atoms with Crippen molar-refractivity contribution in [1.82, 2.24) is 10.2 Å². The van der Waals surface area contributed by atoms with Crippen LogP contribution in [0.25, 0.3) is 0 Å². The summed E-state index contributed by atoms with van der Waals surface area (Å²) >= 11 is 0. The van der Waals surface area contributed by atoms with Crippen LogP contribution in [0.1, 0.15) is 42.0 Å². The highest BCUT2D eigenvalue weighted by Gasteiger charge is 2.30. The van der Waals surface area contributed by atoms with Crippen LogP contribution in [-0.2, 0) is 0 Å². The number of benzene rings is 1. The van der Waals surface area contributed by atoms with Gasteiger partial charge in [0.15, 0.2) is 0 Å². The Labute approximate surface area is 141 Å². The minimum atomic E-state index is 0. The molecule has 0 aromatic heterocycles. The molecule has 21 heavy (non-hydrogen) atoms. The molecule has 1 saturated heterocycles. The number of aryl methyl sites for hydroxylation is 2. The highest BCUT2D eigenvalue weighted by Crippen LogP contribution is 2.40. The van der Waals surface area contributed by atoms with Gasteiger partial charge in [-0.2, -0.15) is 0 Å². The minimum absolute atomic E-state index is 0. The SMILES string of the molecule is Cc1ccc([C@H](CC2CC2)N2CCNCC2)c(C)c1.Cl.Cl. The molecule has 1 saturated carbocycles. The average molecular weight is 331 g/mol. The zero-order valence-electron chi connectivity index (χ0n) is 13.1. The number of hydrogen-bond donors (Lipinski definition) is 1. The van der Waals surface area contributed by atoms with Crippen LogP contribution in [0.3, 0.4) is 0 Å². The molecular weight excluding hydrogens is 303 g/mol. The van der Waals surface area contributed by atoms with E-state index in [0.29, 0.717) is 6.04 Å². The maximum Gasteiger partial charge on any atom is 0.0354 e. The minimum Gasteiger partial charge on any atom is -0.314 e. The second-order valence-electron chi connectivity index (χ2n) is 6.34. The summed E-state index contributed by atoms with van der Waals surface area (Å²) in [5, 5.41) is 3.47. The summed E-state index contributed by atoms with van der Waals surface area (Å²) < 4.78 is 0. The average Bonchev–Trinajstić information content (AvgIpc) is 3.22. The Morgan fingerprint density at radius 3 is 2.38 bits per heavy atom. The van der Waals surface area contributed by atoms with E-state index in [2.05, 4.69) is 42.3 Å². The molecule has 0 unspecified atom stereocenters. The molecule has 2 nitrogen and oxygen atoms in total. The van der Waals surface area contributed by atoms with Crippen molar-refractivity contribution in [2.45, 2.75) is 39.2 Å². The molecule has 1 aromatic rings. The predicted octanol–water partition coefficient (Wildman–Crippen LogP) is 3.89. The van der Waals surface area contributed by atoms with Gasteiger partial charge in [0.2, 0.25) is 0 Å². The van der Waals surface area contributed by atoms with Gasteiger partial charge in [-0.1, -0.05) is 36.6 Å². The van der Waals surface area contributed by atoms with E-state index in [-0.39, 0.29) is 24.8 Å². The van der Waals surface area contributed by atoms with E-state index in [9.17, 15) is 0 Å². The van der Waals surface area contributed by atoms with Gasteiger partial charge in [0.25, 0.3) is 0 Å². The van der Waals surface area contributed by atoms with Crippen molar-refractivity contribution in [1.29, 1.82) is 0 Å². The molecule has 1 aliphatic heterocycles. The maximum absolute atomic E-state index is 3.47. The van der Waals surface area contributed by atoms with Gasteiger partial charge < -0.3 is 5.32 Å². The van der Waals surface area contributed by atoms with Crippen LogP contribution in [0.4, 0.5) is 0 Å². The predicted molar refractivity (Wildman–Crippen MR) is 94.9 cm³/mol. The summed E-state index contributed by atoms with van der Waals surface area (Å²) in [5.74, 6) is 0.987. The van der Waals surface area contributed by atoms with Gasteiger partial charge in [-0.25, -0.2) is 0 Å². The molecule has 1 N–H and O–H groups in total. The van der Waals surface area contributed by atoms with E-state index in [0.717, 1.165) is 19.0 Å². The zero-order valence-corrected chi connectivity index (χ0v) is 14.7. The van der Waals surface area contributed by atoms with Crippen molar-refractivity contribution in [3.63, 3.8) is 0 Å². The second kappa shape index (κ2) is 8.38. The smallest absolute Gasteiger partial charge is 0.0354 e. The topological polar surface area (TPSA) is 15.3 Å². The molecule has 1 atom stereocenters. The van der Waals surface area contributed by atoms with E-state index in [1.165, 1.54) is 43.5 Å². The van der Waals surface area contributed by atoms with Crippen molar-refractivity contribution in [3.05, 3.63) is 34.9 Å². The first kappa shape index (κ1) is 18.8. The van der Waals surface area contributed by atoms with Gasteiger partial charge in [0.05, 0.1) is 0 Å². The van der Waals surface area contributed by atoms with E-state index in [1.807, 2.05) is 0 Å². The van der Waals surface area contributed by atoms with Gasteiger partial charge in [-0.15, -0.1) is 24.8 Å². The first-order valence-corrected chi connectivity index (χ1v) is 7.76. The molecule has 2 fully saturated rings. The number of rotatable bonds is 4. The monoisotopic (exact) mass is 330 g/mol. The van der Waals surface area contributed by atoms with Crippen LogP contribution < -0.4 is 5.32 Å². The largest absolute Gasteiger partial charge is 0.314 e. The van der Waals surface area contributed by atoms with Crippen LogP contribution in [0.5, 0.6) is 0 Å². The fourth-order valence-corrected chi connectivity index (χ4v) is 3.34. The third-order valence-corrected chi connectivity index (χ3v) is 4.63. The molecule has 0 radical (unpaired) electrons. The Hall–Kier alpha value is -0.280. The second-order valence-corrected chi connectivity index (χ2v) is 6.34. The summed E-state index contributed by atoms with van der Waals surface area (Å²) in [6, 6.07) is 7.65. The summed E-state index contributed by atoms with van der Waals surface area (Å²) in [5.41, 5.74) is 4.43. The van der Waals surface area contributed by atoms with Crippen molar-refractivity contribution >= 4 is 24.8 Å². The molecular formula is C17H28Cl2N2. The molecule has 3 rings (SSSR count). The third-order valence-electron chi connectivity index (χ3n) is 4.63. The lowest BCUT2D eigenvalue weighted by molar-refractivity contribution is 0.160. The number of nitrogens with one attached hydrogen (secondary N) is 1. The van der Waals surface area contributed by atoms with E-state index >= 15 is 0 Å². The Kier molecular flexibility index (Phi) is 7.49. The van der Waals surface area contributed by atoms with E-state index < -0.39 is 0 Å². The Balaban J connectivity index is 0.00000110. The molecule has 0 bridgehead atoms. The first-order chi connectivity index (χ1) is 9.24.